The fourth-order valence-corrected chi connectivity index (χ4v) is 2.54. The van der Waals surface area contributed by atoms with Gasteiger partial charge in [0, 0.05) is 0 Å². The van der Waals surface area contributed by atoms with Crippen LogP contribution in [0.4, 0.5) is 16.2 Å². The Labute approximate surface area is 141 Å². The van der Waals surface area contributed by atoms with Crippen LogP contribution in [0.15, 0.2) is 84.9 Å². The van der Waals surface area contributed by atoms with Crippen LogP contribution in [0.2, 0.25) is 0 Å². The summed E-state index contributed by atoms with van der Waals surface area (Å²) in [5.74, 6) is 0. The summed E-state index contributed by atoms with van der Waals surface area (Å²) in [4.78, 5) is 13.6. The van der Waals surface area contributed by atoms with E-state index in [0.29, 0.717) is 0 Å². The van der Waals surface area contributed by atoms with E-state index in [1.807, 2.05) is 97.1 Å². The molecule has 3 nitrogen and oxygen atoms in total. The van der Waals surface area contributed by atoms with Crippen LogP contribution in [0.5, 0.6) is 0 Å². The normalized spacial score (nSPS) is 10.7. The average molecular weight is 314 g/mol. The second-order valence-electron chi connectivity index (χ2n) is 5.31. The molecule has 3 aromatic rings. The van der Waals surface area contributed by atoms with E-state index in [2.05, 4.69) is 0 Å². The number of carbonyl (C=O) groups excluding carboxylic acids is 1. The number of anilines is 2. The van der Waals surface area contributed by atoms with Gasteiger partial charge in [-0.15, -0.1) is 0 Å². The lowest BCUT2D eigenvalue weighted by atomic mass is 10.1. The maximum atomic E-state index is 12.1. The molecule has 3 rings (SSSR count). The number of para-hydroxylation sites is 2. The Morgan fingerprint density at radius 1 is 0.750 bits per heavy atom. The molecule has 0 radical (unpaired) electrons. The first kappa shape index (κ1) is 15.6. The molecule has 0 aliphatic rings. The van der Waals surface area contributed by atoms with Gasteiger partial charge in [0.15, 0.2) is 0 Å². The summed E-state index contributed by atoms with van der Waals surface area (Å²) in [6.07, 6.45) is 4.01. The summed E-state index contributed by atoms with van der Waals surface area (Å²) in [7, 11) is 0. The van der Waals surface area contributed by atoms with Crippen LogP contribution in [-0.2, 0) is 0 Å². The predicted molar refractivity (Wildman–Crippen MR) is 100.0 cm³/mol. The van der Waals surface area contributed by atoms with Gasteiger partial charge in [0.1, 0.15) is 0 Å². The van der Waals surface area contributed by atoms with Gasteiger partial charge < -0.3 is 5.73 Å². The largest absolute Gasteiger partial charge is 0.351 e. The second-order valence-corrected chi connectivity index (χ2v) is 5.31. The van der Waals surface area contributed by atoms with Gasteiger partial charge in [-0.1, -0.05) is 78.9 Å². The lowest BCUT2D eigenvalue weighted by molar-refractivity contribution is 0.256. The van der Waals surface area contributed by atoms with Crippen LogP contribution in [0, 0.1) is 0 Å². The topological polar surface area (TPSA) is 46.3 Å². The Balaban J connectivity index is 2.01. The molecule has 0 heterocycles. The first-order valence-electron chi connectivity index (χ1n) is 7.72. The Hall–Kier alpha value is -3.33. The molecule has 2 amide bonds. The summed E-state index contributed by atoms with van der Waals surface area (Å²) in [5, 5.41) is 0. The van der Waals surface area contributed by atoms with Crippen molar-refractivity contribution in [1.82, 2.24) is 0 Å². The van der Waals surface area contributed by atoms with E-state index in [0.717, 1.165) is 22.5 Å². The lowest BCUT2D eigenvalue weighted by Gasteiger charge is -2.22. The molecule has 118 valence electrons. The number of rotatable bonds is 4. The first-order valence-corrected chi connectivity index (χ1v) is 7.72. The zero-order valence-electron chi connectivity index (χ0n) is 13.2. The maximum absolute atomic E-state index is 12.1. The smallest absolute Gasteiger partial charge is 0.323 e. The van der Waals surface area contributed by atoms with Gasteiger partial charge in [-0.2, -0.15) is 0 Å². The Kier molecular flexibility index (Phi) is 4.73. The van der Waals surface area contributed by atoms with E-state index in [-0.39, 0.29) is 0 Å². The molecule has 2 N–H and O–H groups in total. The van der Waals surface area contributed by atoms with E-state index in [9.17, 15) is 4.79 Å². The van der Waals surface area contributed by atoms with Gasteiger partial charge in [-0.3, -0.25) is 4.90 Å². The molecule has 0 bridgehead atoms. The zero-order valence-corrected chi connectivity index (χ0v) is 13.2. The van der Waals surface area contributed by atoms with Crippen molar-refractivity contribution in [3.8, 4) is 0 Å². The van der Waals surface area contributed by atoms with E-state index in [1.165, 1.54) is 4.90 Å². The van der Waals surface area contributed by atoms with Crippen molar-refractivity contribution >= 4 is 29.6 Å². The Morgan fingerprint density at radius 3 is 2.00 bits per heavy atom. The number of hydrogen-bond acceptors (Lipinski definition) is 1. The van der Waals surface area contributed by atoms with Gasteiger partial charge in [0.05, 0.1) is 11.4 Å². The van der Waals surface area contributed by atoms with Crippen molar-refractivity contribution < 1.29 is 4.79 Å². The molecule has 0 unspecified atom stereocenters. The number of benzene rings is 3. The highest BCUT2D eigenvalue weighted by atomic mass is 16.2. The summed E-state index contributed by atoms with van der Waals surface area (Å²) in [5.41, 5.74) is 9.15. The standard InChI is InChI=1S/C21H18N2O/c22-21(24)23(19-12-5-2-6-13-19)20-14-8-7-11-18(20)16-15-17-9-3-1-4-10-17/h1-16H,(H2,22,24)/b16-15+. The van der Waals surface area contributed by atoms with E-state index in [4.69, 9.17) is 5.73 Å². The molecule has 24 heavy (non-hydrogen) atoms. The van der Waals surface area contributed by atoms with Gasteiger partial charge >= 0.3 is 6.03 Å². The third-order valence-corrected chi connectivity index (χ3v) is 3.67. The number of nitrogens with two attached hydrogens (primary N) is 1. The van der Waals surface area contributed by atoms with Gasteiger partial charge in [-0.25, -0.2) is 4.79 Å². The summed E-state index contributed by atoms with van der Waals surface area (Å²) < 4.78 is 0. The fourth-order valence-electron chi connectivity index (χ4n) is 2.54. The minimum absolute atomic E-state index is 0.512. The second kappa shape index (κ2) is 7.29. The third kappa shape index (κ3) is 3.52. The molecular formula is C21H18N2O. The van der Waals surface area contributed by atoms with Crippen molar-refractivity contribution in [3.63, 3.8) is 0 Å². The van der Waals surface area contributed by atoms with Crippen LogP contribution in [0.25, 0.3) is 12.2 Å². The Morgan fingerprint density at radius 2 is 1.33 bits per heavy atom. The van der Waals surface area contributed by atoms with Crippen LogP contribution in [0.3, 0.4) is 0 Å². The maximum Gasteiger partial charge on any atom is 0.323 e. The molecule has 0 saturated heterocycles. The molecule has 0 aliphatic carbocycles. The molecular weight excluding hydrogens is 296 g/mol. The Bertz CT molecular complexity index is 842. The quantitative estimate of drug-likeness (QED) is 0.671. The number of amides is 2. The zero-order chi connectivity index (χ0) is 16.8. The predicted octanol–water partition coefficient (Wildman–Crippen LogP) is 5.07. The molecule has 0 saturated carbocycles. The molecule has 0 spiro atoms. The van der Waals surface area contributed by atoms with Crippen molar-refractivity contribution in [1.29, 1.82) is 0 Å². The molecule has 0 aliphatic heterocycles. The number of primary amides is 1. The fraction of sp³-hybridized carbons (Fsp3) is 0. The monoisotopic (exact) mass is 314 g/mol. The van der Waals surface area contributed by atoms with Crippen molar-refractivity contribution in [2.45, 2.75) is 0 Å². The minimum Gasteiger partial charge on any atom is -0.351 e. The summed E-state index contributed by atoms with van der Waals surface area (Å²) >= 11 is 0. The van der Waals surface area contributed by atoms with Crippen LogP contribution in [-0.4, -0.2) is 6.03 Å². The number of hydrogen-bond donors (Lipinski definition) is 1. The highest BCUT2D eigenvalue weighted by molar-refractivity contribution is 6.00. The number of carbonyl (C=O) groups is 1. The molecule has 0 fully saturated rings. The van der Waals surface area contributed by atoms with Crippen molar-refractivity contribution in [2.24, 2.45) is 5.73 Å². The first-order chi connectivity index (χ1) is 11.8. The summed E-state index contributed by atoms with van der Waals surface area (Å²) in [6, 6.07) is 26.6. The van der Waals surface area contributed by atoms with E-state index < -0.39 is 6.03 Å². The lowest BCUT2D eigenvalue weighted by Crippen LogP contribution is -2.31. The number of nitrogens with zero attached hydrogens (tertiary/aromatic N) is 1. The van der Waals surface area contributed by atoms with Crippen molar-refractivity contribution in [3.05, 3.63) is 96.1 Å². The van der Waals surface area contributed by atoms with Gasteiger partial charge in [0.2, 0.25) is 0 Å². The highest BCUT2D eigenvalue weighted by Crippen LogP contribution is 2.29. The van der Waals surface area contributed by atoms with Gasteiger partial charge in [-0.05, 0) is 29.3 Å². The van der Waals surface area contributed by atoms with Crippen LogP contribution < -0.4 is 10.6 Å². The van der Waals surface area contributed by atoms with Gasteiger partial charge in [0.25, 0.3) is 0 Å². The third-order valence-electron chi connectivity index (χ3n) is 3.67. The molecule has 3 heteroatoms. The highest BCUT2D eigenvalue weighted by Gasteiger charge is 2.16. The molecule has 0 aromatic heterocycles. The molecule has 3 aromatic carbocycles. The summed E-state index contributed by atoms with van der Waals surface area (Å²) in [6.45, 7) is 0. The number of urea groups is 1. The minimum atomic E-state index is -0.512. The van der Waals surface area contributed by atoms with E-state index >= 15 is 0 Å². The van der Waals surface area contributed by atoms with Crippen LogP contribution in [0.1, 0.15) is 11.1 Å². The van der Waals surface area contributed by atoms with Crippen LogP contribution >= 0.6 is 0 Å². The van der Waals surface area contributed by atoms with E-state index in [1.54, 1.807) is 0 Å². The SMILES string of the molecule is NC(=O)N(c1ccccc1)c1ccccc1/C=C/c1ccccc1. The molecule has 0 atom stereocenters. The van der Waals surface area contributed by atoms with Crippen molar-refractivity contribution in [2.75, 3.05) is 4.90 Å². The average Bonchev–Trinajstić information content (AvgIpc) is 2.63.